The monoisotopic (exact) mass is 327 g/mol. The SMILES string of the molecule is CC(C)CNC(=O)NC1CCC(C(=O)N2CCSCC2)CC1. The molecule has 1 heterocycles. The maximum Gasteiger partial charge on any atom is 0.315 e. The number of carbonyl (C=O) groups excluding carboxylic acids is 2. The zero-order chi connectivity index (χ0) is 15.9. The van der Waals surface area contributed by atoms with E-state index >= 15 is 0 Å². The average molecular weight is 327 g/mol. The first-order valence-corrected chi connectivity index (χ1v) is 9.62. The predicted octanol–water partition coefficient (Wildman–Crippen LogP) is 2.08. The van der Waals surface area contributed by atoms with Gasteiger partial charge in [0.25, 0.3) is 0 Å². The van der Waals surface area contributed by atoms with Crippen LogP contribution in [0.15, 0.2) is 0 Å². The number of hydrogen-bond acceptors (Lipinski definition) is 3. The van der Waals surface area contributed by atoms with Crippen LogP contribution in [-0.4, -0.2) is 54.0 Å². The molecule has 3 amide bonds. The first-order chi connectivity index (χ1) is 10.6. The van der Waals surface area contributed by atoms with Crippen molar-refractivity contribution in [3.8, 4) is 0 Å². The molecule has 0 bridgehead atoms. The molecule has 0 aromatic heterocycles. The van der Waals surface area contributed by atoms with Gasteiger partial charge in [0.2, 0.25) is 5.91 Å². The van der Waals surface area contributed by atoms with Crippen molar-refractivity contribution in [2.24, 2.45) is 11.8 Å². The summed E-state index contributed by atoms with van der Waals surface area (Å²) in [6.07, 6.45) is 3.62. The lowest BCUT2D eigenvalue weighted by molar-refractivity contribution is -0.136. The molecule has 1 aliphatic carbocycles. The molecule has 0 spiro atoms. The van der Waals surface area contributed by atoms with Crippen molar-refractivity contribution in [3.05, 3.63) is 0 Å². The van der Waals surface area contributed by atoms with E-state index in [9.17, 15) is 9.59 Å². The van der Waals surface area contributed by atoms with Gasteiger partial charge in [-0.05, 0) is 31.6 Å². The molecule has 2 fully saturated rings. The summed E-state index contributed by atoms with van der Waals surface area (Å²) >= 11 is 1.93. The van der Waals surface area contributed by atoms with Gasteiger partial charge in [-0.2, -0.15) is 11.8 Å². The highest BCUT2D eigenvalue weighted by Gasteiger charge is 2.30. The Kier molecular flexibility index (Phi) is 6.86. The molecule has 1 saturated carbocycles. The Bertz CT molecular complexity index is 376. The van der Waals surface area contributed by atoms with E-state index in [1.807, 2.05) is 16.7 Å². The topological polar surface area (TPSA) is 61.4 Å². The summed E-state index contributed by atoms with van der Waals surface area (Å²) in [6, 6.07) is 0.143. The Morgan fingerprint density at radius 3 is 2.36 bits per heavy atom. The van der Waals surface area contributed by atoms with E-state index in [-0.39, 0.29) is 18.0 Å². The van der Waals surface area contributed by atoms with Crippen LogP contribution in [0.1, 0.15) is 39.5 Å². The fourth-order valence-corrected chi connectivity index (χ4v) is 3.96. The number of carbonyl (C=O) groups is 2. The van der Waals surface area contributed by atoms with E-state index in [1.165, 1.54) is 0 Å². The Morgan fingerprint density at radius 1 is 1.14 bits per heavy atom. The Morgan fingerprint density at radius 2 is 1.77 bits per heavy atom. The maximum atomic E-state index is 12.5. The number of hydrogen-bond donors (Lipinski definition) is 2. The Balaban J connectivity index is 1.68. The fraction of sp³-hybridized carbons (Fsp3) is 0.875. The van der Waals surface area contributed by atoms with E-state index < -0.39 is 0 Å². The lowest BCUT2D eigenvalue weighted by Gasteiger charge is -2.34. The van der Waals surface area contributed by atoms with Crippen LogP contribution in [0.3, 0.4) is 0 Å². The maximum absolute atomic E-state index is 12.5. The van der Waals surface area contributed by atoms with E-state index in [4.69, 9.17) is 0 Å². The molecule has 6 heteroatoms. The van der Waals surface area contributed by atoms with Crippen LogP contribution in [-0.2, 0) is 4.79 Å². The van der Waals surface area contributed by atoms with Crippen molar-refractivity contribution < 1.29 is 9.59 Å². The summed E-state index contributed by atoms with van der Waals surface area (Å²) in [5.41, 5.74) is 0. The molecule has 2 rings (SSSR count). The standard InChI is InChI=1S/C16H29N3O2S/c1-12(2)11-17-16(21)18-14-5-3-13(4-6-14)15(20)19-7-9-22-10-8-19/h12-14H,3-11H2,1-2H3,(H2,17,18,21). The summed E-state index contributed by atoms with van der Waals surface area (Å²) < 4.78 is 0. The number of urea groups is 1. The van der Waals surface area contributed by atoms with Crippen LogP contribution in [0.5, 0.6) is 0 Å². The largest absolute Gasteiger partial charge is 0.341 e. The van der Waals surface area contributed by atoms with Crippen molar-refractivity contribution in [2.45, 2.75) is 45.6 Å². The van der Waals surface area contributed by atoms with Gasteiger partial charge in [-0.25, -0.2) is 4.79 Å². The molecule has 0 atom stereocenters. The first kappa shape index (κ1) is 17.4. The normalized spacial score (nSPS) is 25.9. The summed E-state index contributed by atoms with van der Waals surface area (Å²) in [6.45, 7) is 6.66. The first-order valence-electron chi connectivity index (χ1n) is 8.47. The Labute approximate surface area is 138 Å². The highest BCUT2D eigenvalue weighted by atomic mass is 32.2. The van der Waals surface area contributed by atoms with Crippen LogP contribution in [0.4, 0.5) is 4.79 Å². The van der Waals surface area contributed by atoms with Crippen LogP contribution < -0.4 is 10.6 Å². The number of nitrogens with zero attached hydrogens (tertiary/aromatic N) is 1. The third-order valence-corrected chi connectivity index (χ3v) is 5.35. The van der Waals surface area contributed by atoms with Crippen LogP contribution in [0, 0.1) is 11.8 Å². The predicted molar refractivity (Wildman–Crippen MR) is 91.0 cm³/mol. The van der Waals surface area contributed by atoms with Gasteiger partial charge in [0, 0.05) is 43.1 Å². The highest BCUT2D eigenvalue weighted by Crippen LogP contribution is 2.27. The minimum Gasteiger partial charge on any atom is -0.341 e. The number of amides is 3. The van der Waals surface area contributed by atoms with Gasteiger partial charge in [0.05, 0.1) is 0 Å². The fourth-order valence-electron chi connectivity index (χ4n) is 3.06. The quantitative estimate of drug-likeness (QED) is 0.831. The molecule has 5 nitrogen and oxygen atoms in total. The number of rotatable bonds is 4. The molecule has 1 saturated heterocycles. The zero-order valence-corrected chi connectivity index (χ0v) is 14.6. The van der Waals surface area contributed by atoms with Gasteiger partial charge in [0.1, 0.15) is 0 Å². The van der Waals surface area contributed by atoms with Crippen LogP contribution in [0.25, 0.3) is 0 Å². The smallest absolute Gasteiger partial charge is 0.315 e. The molecule has 0 radical (unpaired) electrons. The van der Waals surface area contributed by atoms with E-state index in [2.05, 4.69) is 24.5 Å². The second-order valence-corrected chi connectivity index (χ2v) is 7.96. The number of nitrogens with one attached hydrogen (secondary N) is 2. The van der Waals surface area contributed by atoms with Gasteiger partial charge >= 0.3 is 6.03 Å². The molecular weight excluding hydrogens is 298 g/mol. The molecule has 1 aliphatic heterocycles. The van der Waals surface area contributed by atoms with Crippen molar-refractivity contribution in [1.82, 2.24) is 15.5 Å². The summed E-state index contributed by atoms with van der Waals surface area (Å²) in [7, 11) is 0. The van der Waals surface area contributed by atoms with E-state index in [1.54, 1.807) is 0 Å². The minimum atomic E-state index is -0.0727. The molecule has 126 valence electrons. The molecule has 0 aromatic rings. The van der Waals surface area contributed by atoms with E-state index in [0.717, 1.165) is 50.3 Å². The van der Waals surface area contributed by atoms with Gasteiger partial charge in [-0.1, -0.05) is 13.8 Å². The number of thioether (sulfide) groups is 1. The van der Waals surface area contributed by atoms with Crippen molar-refractivity contribution in [2.75, 3.05) is 31.1 Å². The van der Waals surface area contributed by atoms with Gasteiger partial charge in [-0.3, -0.25) is 4.79 Å². The zero-order valence-electron chi connectivity index (χ0n) is 13.8. The van der Waals surface area contributed by atoms with Gasteiger partial charge < -0.3 is 15.5 Å². The highest BCUT2D eigenvalue weighted by molar-refractivity contribution is 7.99. The molecule has 2 N–H and O–H groups in total. The van der Waals surface area contributed by atoms with Gasteiger partial charge in [-0.15, -0.1) is 0 Å². The van der Waals surface area contributed by atoms with Crippen LogP contribution in [0.2, 0.25) is 0 Å². The lowest BCUT2D eigenvalue weighted by Crippen LogP contribution is -2.47. The third-order valence-electron chi connectivity index (χ3n) is 4.41. The second-order valence-electron chi connectivity index (χ2n) is 6.73. The Hall–Kier alpha value is -0.910. The minimum absolute atomic E-state index is 0.0727. The molecule has 0 unspecified atom stereocenters. The van der Waals surface area contributed by atoms with Gasteiger partial charge in [0.15, 0.2) is 0 Å². The van der Waals surface area contributed by atoms with Crippen LogP contribution >= 0.6 is 11.8 Å². The summed E-state index contributed by atoms with van der Waals surface area (Å²) in [5, 5.41) is 5.92. The summed E-state index contributed by atoms with van der Waals surface area (Å²) in [5.74, 6) is 3.10. The van der Waals surface area contributed by atoms with Crippen molar-refractivity contribution >= 4 is 23.7 Å². The second kappa shape index (κ2) is 8.65. The molecule has 2 aliphatic rings. The average Bonchev–Trinajstić information content (AvgIpc) is 2.54. The van der Waals surface area contributed by atoms with Crippen molar-refractivity contribution in [3.63, 3.8) is 0 Å². The molecule has 0 aromatic carbocycles. The summed E-state index contributed by atoms with van der Waals surface area (Å²) in [4.78, 5) is 26.3. The lowest BCUT2D eigenvalue weighted by atomic mass is 9.85. The van der Waals surface area contributed by atoms with E-state index in [0.29, 0.717) is 18.4 Å². The third kappa shape index (κ3) is 5.38. The molecular formula is C16H29N3O2S. The molecule has 22 heavy (non-hydrogen) atoms. The van der Waals surface area contributed by atoms with Crippen molar-refractivity contribution in [1.29, 1.82) is 0 Å².